The lowest BCUT2D eigenvalue weighted by molar-refractivity contribution is 0.381. The summed E-state index contributed by atoms with van der Waals surface area (Å²) in [5, 5.41) is 0. The molecular formula is C44H36O5S. The van der Waals surface area contributed by atoms with Crippen molar-refractivity contribution in [3.05, 3.63) is 202 Å². The van der Waals surface area contributed by atoms with Gasteiger partial charge in [-0.3, -0.25) is 9.11 Å². The fraction of sp³-hybridized carbons (Fsp3) is 0. The number of hydrogen-bond donors (Lipinski definition) is 2. The lowest BCUT2D eigenvalue weighted by atomic mass is 10.0. The quantitative estimate of drug-likeness (QED) is 0.111. The second-order valence-electron chi connectivity index (χ2n) is 11.0. The van der Waals surface area contributed by atoms with Crippen LogP contribution in [0.15, 0.2) is 158 Å². The van der Waals surface area contributed by atoms with Gasteiger partial charge in [-0.2, -0.15) is 8.42 Å². The van der Waals surface area contributed by atoms with Gasteiger partial charge in [-0.25, -0.2) is 0 Å². The van der Waals surface area contributed by atoms with Crippen LogP contribution in [0.3, 0.4) is 0 Å². The predicted octanol–water partition coefficient (Wildman–Crippen LogP) is 11.5. The van der Waals surface area contributed by atoms with E-state index in [2.05, 4.69) is 170 Å². The molecule has 0 saturated heterocycles. The molecule has 6 rings (SSSR count). The first-order valence-corrected chi connectivity index (χ1v) is 17.3. The first kappa shape index (κ1) is 35.3. The molecule has 0 saturated carbocycles. The van der Waals surface area contributed by atoms with E-state index in [1.165, 1.54) is 0 Å². The number of hydrogen-bond acceptors (Lipinski definition) is 3. The van der Waals surface area contributed by atoms with Gasteiger partial charge in [-0.1, -0.05) is 194 Å². The summed E-state index contributed by atoms with van der Waals surface area (Å²) in [5.41, 5.74) is 8.72. The molecule has 6 aromatic carbocycles. The second-order valence-corrected chi connectivity index (χ2v) is 11.9. The lowest BCUT2D eigenvalue weighted by Gasteiger charge is -2.15. The summed E-state index contributed by atoms with van der Waals surface area (Å²) >= 11 is 0. The SMILES string of the molecule is C(=Cc1cccc(Oc2cccc(C=Cc3ccccc3)c2C=Cc2ccccc2)c1C=Cc1ccccc1)c1ccccc1.O=S(=O)(O)O. The summed E-state index contributed by atoms with van der Waals surface area (Å²) in [6, 6.07) is 53.9. The fourth-order valence-electron chi connectivity index (χ4n) is 5.05. The maximum Gasteiger partial charge on any atom is 0.394 e. The van der Waals surface area contributed by atoms with E-state index in [4.69, 9.17) is 22.3 Å². The molecule has 50 heavy (non-hydrogen) atoms. The summed E-state index contributed by atoms with van der Waals surface area (Å²) in [4.78, 5) is 0. The summed E-state index contributed by atoms with van der Waals surface area (Å²) < 4.78 is 38.4. The monoisotopic (exact) mass is 676 g/mol. The van der Waals surface area contributed by atoms with E-state index in [9.17, 15) is 0 Å². The Morgan fingerprint density at radius 3 is 0.940 bits per heavy atom. The Kier molecular flexibility index (Phi) is 12.6. The van der Waals surface area contributed by atoms with Crippen molar-refractivity contribution in [2.24, 2.45) is 0 Å². The van der Waals surface area contributed by atoms with Crippen LogP contribution in [0, 0.1) is 0 Å². The molecule has 0 amide bonds. The van der Waals surface area contributed by atoms with E-state index in [-0.39, 0.29) is 0 Å². The summed E-state index contributed by atoms with van der Waals surface area (Å²) in [6.07, 6.45) is 17.2. The van der Waals surface area contributed by atoms with E-state index in [0.29, 0.717) is 0 Å². The van der Waals surface area contributed by atoms with Gasteiger partial charge in [-0.05, 0) is 45.5 Å². The fourth-order valence-corrected chi connectivity index (χ4v) is 5.05. The zero-order valence-corrected chi connectivity index (χ0v) is 28.0. The minimum absolute atomic E-state index is 0.788. The molecule has 0 aliphatic heterocycles. The number of benzene rings is 6. The average Bonchev–Trinajstić information content (AvgIpc) is 3.13. The normalized spacial score (nSPS) is 11.6. The van der Waals surface area contributed by atoms with Crippen LogP contribution in [-0.2, 0) is 10.4 Å². The Hall–Kier alpha value is -6.05. The van der Waals surface area contributed by atoms with E-state index in [1.807, 2.05) is 36.4 Å². The van der Waals surface area contributed by atoms with Crippen LogP contribution >= 0.6 is 0 Å². The standard InChI is InChI=1S/C44H34O.H2O4S/c1-5-15-35(16-6-1)27-31-39-23-13-25-43(41(39)33-29-37-19-9-3-10-20-37)45-44-26-14-24-40(32-28-36-17-7-2-8-18-36)42(44)34-30-38-21-11-4-12-22-38;1-5(2,3)4/h1-34H;(H2,1,2,3,4). The Bertz CT molecular complexity index is 2040. The molecule has 0 fully saturated rings. The molecular weight excluding hydrogens is 641 g/mol. The molecule has 0 aromatic heterocycles. The van der Waals surface area contributed by atoms with Gasteiger partial charge in [0.05, 0.1) is 0 Å². The van der Waals surface area contributed by atoms with Crippen molar-refractivity contribution in [2.75, 3.05) is 0 Å². The Labute approximate surface area is 294 Å². The molecule has 6 aromatic rings. The Balaban J connectivity index is 0.000000908. The third-order valence-corrected chi connectivity index (χ3v) is 7.41. The van der Waals surface area contributed by atoms with Gasteiger partial charge in [0.25, 0.3) is 0 Å². The highest BCUT2D eigenvalue weighted by Gasteiger charge is 2.11. The minimum atomic E-state index is -4.67. The maximum atomic E-state index is 8.74. The summed E-state index contributed by atoms with van der Waals surface area (Å²) in [6.45, 7) is 0. The predicted molar refractivity (Wildman–Crippen MR) is 209 cm³/mol. The first-order chi connectivity index (χ1) is 24.3. The van der Waals surface area contributed by atoms with Gasteiger partial charge in [-0.15, -0.1) is 0 Å². The molecule has 0 aliphatic carbocycles. The van der Waals surface area contributed by atoms with Crippen LogP contribution in [0.4, 0.5) is 0 Å². The number of rotatable bonds is 10. The van der Waals surface area contributed by atoms with Crippen molar-refractivity contribution in [1.82, 2.24) is 0 Å². The molecule has 6 heteroatoms. The van der Waals surface area contributed by atoms with Gasteiger partial charge in [0.2, 0.25) is 0 Å². The number of ether oxygens (including phenoxy) is 1. The van der Waals surface area contributed by atoms with Crippen molar-refractivity contribution in [1.29, 1.82) is 0 Å². The largest absolute Gasteiger partial charge is 0.456 e. The molecule has 2 N–H and O–H groups in total. The van der Waals surface area contributed by atoms with Crippen LogP contribution in [-0.4, -0.2) is 17.5 Å². The van der Waals surface area contributed by atoms with E-state index >= 15 is 0 Å². The Morgan fingerprint density at radius 2 is 0.640 bits per heavy atom. The molecule has 0 spiro atoms. The van der Waals surface area contributed by atoms with Crippen molar-refractivity contribution in [3.63, 3.8) is 0 Å². The van der Waals surface area contributed by atoms with Crippen LogP contribution in [0.1, 0.15) is 44.5 Å². The molecule has 0 unspecified atom stereocenters. The van der Waals surface area contributed by atoms with Crippen LogP contribution in [0.5, 0.6) is 11.5 Å². The molecule has 248 valence electrons. The second kappa shape index (κ2) is 17.9. The molecule has 0 radical (unpaired) electrons. The summed E-state index contributed by atoms with van der Waals surface area (Å²) in [7, 11) is -4.67. The third kappa shape index (κ3) is 11.6. The highest BCUT2D eigenvalue weighted by molar-refractivity contribution is 7.79. The van der Waals surface area contributed by atoms with Crippen molar-refractivity contribution < 1.29 is 22.3 Å². The van der Waals surface area contributed by atoms with Gasteiger partial charge in [0, 0.05) is 11.1 Å². The molecule has 0 bridgehead atoms. The lowest BCUT2D eigenvalue weighted by Crippen LogP contribution is -1.94. The smallest absolute Gasteiger partial charge is 0.394 e. The van der Waals surface area contributed by atoms with Gasteiger partial charge >= 0.3 is 10.4 Å². The highest BCUT2D eigenvalue weighted by Crippen LogP contribution is 2.35. The minimum Gasteiger partial charge on any atom is -0.456 e. The van der Waals surface area contributed by atoms with Crippen LogP contribution in [0.2, 0.25) is 0 Å². The molecule has 0 heterocycles. The molecule has 0 atom stereocenters. The van der Waals surface area contributed by atoms with E-state index in [0.717, 1.165) is 56.0 Å². The third-order valence-electron chi connectivity index (χ3n) is 7.41. The molecule has 0 aliphatic rings. The first-order valence-electron chi connectivity index (χ1n) is 15.9. The van der Waals surface area contributed by atoms with Gasteiger partial charge in [0.15, 0.2) is 0 Å². The topological polar surface area (TPSA) is 83.8 Å². The summed E-state index contributed by atoms with van der Waals surface area (Å²) in [5.74, 6) is 1.58. The zero-order valence-electron chi connectivity index (χ0n) is 27.2. The average molecular weight is 677 g/mol. The highest BCUT2D eigenvalue weighted by atomic mass is 32.3. The van der Waals surface area contributed by atoms with Crippen LogP contribution in [0.25, 0.3) is 48.6 Å². The van der Waals surface area contributed by atoms with E-state index in [1.54, 1.807) is 0 Å². The molecule has 5 nitrogen and oxygen atoms in total. The van der Waals surface area contributed by atoms with Crippen molar-refractivity contribution >= 4 is 59.0 Å². The van der Waals surface area contributed by atoms with Gasteiger partial charge in [0.1, 0.15) is 11.5 Å². The zero-order chi connectivity index (χ0) is 35.0. The maximum absolute atomic E-state index is 8.74. The van der Waals surface area contributed by atoms with Crippen molar-refractivity contribution in [3.8, 4) is 11.5 Å². The van der Waals surface area contributed by atoms with Crippen LogP contribution < -0.4 is 4.74 Å². The van der Waals surface area contributed by atoms with Gasteiger partial charge < -0.3 is 4.74 Å². The Morgan fingerprint density at radius 1 is 0.360 bits per heavy atom. The van der Waals surface area contributed by atoms with Crippen molar-refractivity contribution in [2.45, 2.75) is 0 Å². The van der Waals surface area contributed by atoms with E-state index < -0.39 is 10.4 Å².